The van der Waals surface area contributed by atoms with Crippen molar-refractivity contribution >= 4 is 38.9 Å². The number of benzene rings is 2. The molecule has 0 saturated heterocycles. The molecule has 2 N–H and O–H groups in total. The van der Waals surface area contributed by atoms with E-state index in [1.165, 1.54) is 25.3 Å². The van der Waals surface area contributed by atoms with Crippen LogP contribution in [0.4, 0.5) is 11.4 Å². The molecule has 1 heterocycles. The van der Waals surface area contributed by atoms with E-state index in [9.17, 15) is 13.2 Å². The van der Waals surface area contributed by atoms with E-state index in [4.69, 9.17) is 20.8 Å². The maximum atomic E-state index is 12.9. The minimum atomic E-state index is -3.92. The normalized spacial score (nSPS) is 11.1. The summed E-state index contributed by atoms with van der Waals surface area (Å²) in [6.45, 7) is 1.66. The molecule has 0 aliphatic carbocycles. The SMILES string of the molecule is COc1ccccc1NS(=O)(=O)c1cc(NC(=O)c2ccc(Cl)o2)ccc1C. The van der Waals surface area contributed by atoms with Crippen LogP contribution in [0.1, 0.15) is 16.1 Å². The average molecular weight is 421 g/mol. The first kappa shape index (κ1) is 19.8. The van der Waals surface area contributed by atoms with Crippen molar-refractivity contribution in [3.63, 3.8) is 0 Å². The zero-order valence-corrected chi connectivity index (χ0v) is 16.6. The van der Waals surface area contributed by atoms with Crippen LogP contribution < -0.4 is 14.8 Å². The number of carbonyl (C=O) groups excluding carboxylic acids is 1. The lowest BCUT2D eigenvalue weighted by molar-refractivity contribution is 0.0996. The summed E-state index contributed by atoms with van der Waals surface area (Å²) in [5.74, 6) is -0.137. The number of sulfonamides is 1. The number of hydrogen-bond acceptors (Lipinski definition) is 5. The monoisotopic (exact) mass is 420 g/mol. The van der Waals surface area contributed by atoms with Crippen LogP contribution in [0.25, 0.3) is 0 Å². The molecule has 0 unspecified atom stereocenters. The molecule has 1 aromatic heterocycles. The van der Waals surface area contributed by atoms with Gasteiger partial charge >= 0.3 is 0 Å². The van der Waals surface area contributed by atoms with Crippen molar-refractivity contribution in [3.05, 3.63) is 71.1 Å². The van der Waals surface area contributed by atoms with Gasteiger partial charge < -0.3 is 14.5 Å². The zero-order chi connectivity index (χ0) is 20.3. The maximum Gasteiger partial charge on any atom is 0.291 e. The largest absolute Gasteiger partial charge is 0.495 e. The average Bonchev–Trinajstić information content (AvgIpc) is 3.10. The van der Waals surface area contributed by atoms with Crippen molar-refractivity contribution < 1.29 is 22.4 Å². The number of nitrogens with one attached hydrogen (secondary N) is 2. The van der Waals surface area contributed by atoms with Gasteiger partial charge in [0.25, 0.3) is 15.9 Å². The summed E-state index contributed by atoms with van der Waals surface area (Å²) in [6, 6.07) is 14.1. The Morgan fingerprint density at radius 2 is 1.86 bits per heavy atom. The molecular formula is C19H17ClN2O5S. The first-order valence-electron chi connectivity index (χ1n) is 8.13. The van der Waals surface area contributed by atoms with Crippen molar-refractivity contribution in [3.8, 4) is 5.75 Å². The molecule has 9 heteroatoms. The zero-order valence-electron chi connectivity index (χ0n) is 15.0. The Morgan fingerprint density at radius 1 is 1.11 bits per heavy atom. The number of halogens is 1. The Labute approximate surface area is 167 Å². The van der Waals surface area contributed by atoms with Gasteiger partial charge in [-0.25, -0.2) is 8.42 Å². The number of anilines is 2. The van der Waals surface area contributed by atoms with Gasteiger partial charge in [-0.05, 0) is 60.5 Å². The Bertz CT molecular complexity index is 1120. The van der Waals surface area contributed by atoms with E-state index in [1.807, 2.05) is 0 Å². The third kappa shape index (κ3) is 4.29. The summed E-state index contributed by atoms with van der Waals surface area (Å²) < 4.78 is 38.5. The molecule has 1 amide bonds. The van der Waals surface area contributed by atoms with E-state index in [2.05, 4.69) is 10.0 Å². The second-order valence-electron chi connectivity index (χ2n) is 5.84. The highest BCUT2D eigenvalue weighted by molar-refractivity contribution is 7.92. The van der Waals surface area contributed by atoms with Gasteiger partial charge in [-0.2, -0.15) is 0 Å². The number of para-hydroxylation sites is 2. The second-order valence-corrected chi connectivity index (χ2v) is 7.87. The molecule has 0 atom stereocenters. The van der Waals surface area contributed by atoms with Crippen molar-refractivity contribution in [2.24, 2.45) is 0 Å². The third-order valence-corrected chi connectivity index (χ3v) is 5.59. The van der Waals surface area contributed by atoms with Crippen LogP contribution in [-0.4, -0.2) is 21.4 Å². The number of ether oxygens (including phenoxy) is 1. The lowest BCUT2D eigenvalue weighted by Crippen LogP contribution is -2.16. The van der Waals surface area contributed by atoms with Gasteiger partial charge in [0.05, 0.1) is 17.7 Å². The summed E-state index contributed by atoms with van der Waals surface area (Å²) in [5, 5.41) is 2.67. The van der Waals surface area contributed by atoms with Gasteiger partial charge in [-0.1, -0.05) is 18.2 Å². The molecule has 28 heavy (non-hydrogen) atoms. The number of aryl methyl sites for hydroxylation is 1. The Kier molecular flexibility index (Phi) is 5.62. The van der Waals surface area contributed by atoms with Crippen LogP contribution >= 0.6 is 11.6 Å². The highest BCUT2D eigenvalue weighted by Gasteiger charge is 2.20. The Hall–Kier alpha value is -2.97. The van der Waals surface area contributed by atoms with Crippen LogP contribution in [0.2, 0.25) is 5.22 Å². The second kappa shape index (κ2) is 7.95. The van der Waals surface area contributed by atoms with E-state index in [-0.39, 0.29) is 15.9 Å². The lowest BCUT2D eigenvalue weighted by atomic mass is 10.2. The number of carbonyl (C=O) groups is 1. The number of methoxy groups -OCH3 is 1. The Morgan fingerprint density at radius 3 is 2.54 bits per heavy atom. The molecule has 7 nitrogen and oxygen atoms in total. The first-order valence-corrected chi connectivity index (χ1v) is 9.99. The summed E-state index contributed by atoms with van der Waals surface area (Å²) in [5.41, 5.74) is 1.12. The smallest absolute Gasteiger partial charge is 0.291 e. The summed E-state index contributed by atoms with van der Waals surface area (Å²) >= 11 is 5.67. The standard InChI is InChI=1S/C19H17ClN2O5S/c1-12-7-8-13(21-19(23)16-9-10-18(20)27-16)11-17(12)28(24,25)22-14-5-3-4-6-15(14)26-2/h3-11,22H,1-2H3,(H,21,23). The van der Waals surface area contributed by atoms with Crippen molar-refractivity contribution in [1.82, 2.24) is 0 Å². The maximum absolute atomic E-state index is 12.9. The topological polar surface area (TPSA) is 97.6 Å². The third-order valence-electron chi connectivity index (χ3n) is 3.88. The number of hydrogen-bond donors (Lipinski definition) is 2. The molecule has 3 aromatic rings. The molecule has 0 radical (unpaired) electrons. The van der Waals surface area contributed by atoms with Crippen LogP contribution in [0.5, 0.6) is 5.75 Å². The van der Waals surface area contributed by atoms with Gasteiger partial charge in [0.2, 0.25) is 0 Å². The Balaban J connectivity index is 1.89. The van der Waals surface area contributed by atoms with Crippen LogP contribution in [0, 0.1) is 6.92 Å². The minimum absolute atomic E-state index is 0.0159. The predicted molar refractivity (Wildman–Crippen MR) is 107 cm³/mol. The molecule has 146 valence electrons. The quantitative estimate of drug-likeness (QED) is 0.619. The lowest BCUT2D eigenvalue weighted by Gasteiger charge is -2.14. The molecule has 0 saturated carbocycles. The van der Waals surface area contributed by atoms with E-state index < -0.39 is 15.9 Å². The van der Waals surface area contributed by atoms with Gasteiger partial charge in [-0.3, -0.25) is 9.52 Å². The van der Waals surface area contributed by atoms with Crippen LogP contribution in [0.15, 0.2) is 63.9 Å². The van der Waals surface area contributed by atoms with Gasteiger partial charge in [0.15, 0.2) is 11.0 Å². The molecule has 3 rings (SSSR count). The first-order chi connectivity index (χ1) is 13.3. The fraction of sp³-hybridized carbons (Fsp3) is 0.105. The summed E-state index contributed by atoms with van der Waals surface area (Å²) in [4.78, 5) is 12.2. The molecule has 0 aliphatic heterocycles. The van der Waals surface area contributed by atoms with E-state index in [0.717, 1.165) is 0 Å². The minimum Gasteiger partial charge on any atom is -0.495 e. The van der Waals surface area contributed by atoms with Crippen molar-refractivity contribution in [2.75, 3.05) is 17.1 Å². The van der Waals surface area contributed by atoms with Crippen LogP contribution in [0.3, 0.4) is 0 Å². The highest BCUT2D eigenvalue weighted by Crippen LogP contribution is 2.28. The predicted octanol–water partition coefficient (Wildman–Crippen LogP) is 4.30. The molecule has 0 bridgehead atoms. The van der Waals surface area contributed by atoms with Crippen molar-refractivity contribution in [1.29, 1.82) is 0 Å². The van der Waals surface area contributed by atoms with E-state index in [1.54, 1.807) is 43.3 Å². The summed E-state index contributed by atoms with van der Waals surface area (Å²) in [7, 11) is -2.47. The van der Waals surface area contributed by atoms with Gasteiger partial charge in [0, 0.05) is 5.69 Å². The molecular weight excluding hydrogens is 404 g/mol. The van der Waals surface area contributed by atoms with Crippen LogP contribution in [-0.2, 0) is 10.0 Å². The molecule has 0 aliphatic rings. The number of furan rings is 1. The highest BCUT2D eigenvalue weighted by atomic mass is 35.5. The van der Waals surface area contributed by atoms with Gasteiger partial charge in [0.1, 0.15) is 5.75 Å². The van der Waals surface area contributed by atoms with Gasteiger partial charge in [-0.15, -0.1) is 0 Å². The van der Waals surface area contributed by atoms with E-state index >= 15 is 0 Å². The van der Waals surface area contributed by atoms with Crippen molar-refractivity contribution in [2.45, 2.75) is 11.8 Å². The fourth-order valence-corrected chi connectivity index (χ4v) is 4.01. The fourth-order valence-electron chi connectivity index (χ4n) is 2.53. The summed E-state index contributed by atoms with van der Waals surface area (Å²) in [6.07, 6.45) is 0. The molecule has 2 aromatic carbocycles. The van der Waals surface area contributed by atoms with E-state index in [0.29, 0.717) is 22.7 Å². The molecule has 0 spiro atoms. The molecule has 0 fully saturated rings. The number of amides is 1. The number of rotatable bonds is 6.